The van der Waals surface area contributed by atoms with Crippen LogP contribution in [0, 0.1) is 6.61 Å². The Morgan fingerprint density at radius 3 is 2.00 bits per heavy atom. The summed E-state index contributed by atoms with van der Waals surface area (Å²) < 4.78 is 0. The molecule has 5 heavy (non-hydrogen) atoms. The van der Waals surface area contributed by atoms with Gasteiger partial charge >= 0.3 is 0 Å². The maximum atomic E-state index is 7.62. The molecule has 0 atom stereocenters. The molecule has 0 bridgehead atoms. The molecule has 0 aliphatic heterocycles. The minimum absolute atomic E-state index is 0. The molecule has 0 aromatic carbocycles. The van der Waals surface area contributed by atoms with Crippen molar-refractivity contribution < 1.29 is 24.6 Å². The predicted octanol–water partition coefficient (Wildman–Crippen LogP) is -0.523. The van der Waals surface area contributed by atoms with Gasteiger partial charge in [-0.15, -0.1) is 6.54 Å². The molecule has 0 fully saturated rings. The second-order valence-electron chi connectivity index (χ2n) is 0.418. The second-order valence-corrected chi connectivity index (χ2v) is 0.418. The van der Waals surface area contributed by atoms with E-state index in [4.69, 9.17) is 10.8 Å². The topological polar surface area (TPSA) is 46.2 Å². The fourth-order valence-corrected chi connectivity index (χ4v) is 0. The maximum absolute atomic E-state index is 7.62. The first-order valence-electron chi connectivity index (χ1n) is 1.07. The molecule has 0 aromatic rings. The van der Waals surface area contributed by atoms with Crippen LogP contribution in [0.1, 0.15) is 0 Å². The molecule has 0 saturated heterocycles. The van der Waals surface area contributed by atoms with Gasteiger partial charge in [0.2, 0.25) is 0 Å². The average Bonchev–Trinajstić information content (AvgIpc) is 1.37. The number of aliphatic hydroxyl groups is 1. The second kappa shape index (κ2) is 8.82. The van der Waals surface area contributed by atoms with Crippen molar-refractivity contribution in [2.24, 2.45) is 5.73 Å². The van der Waals surface area contributed by atoms with Crippen molar-refractivity contribution in [3.63, 3.8) is 0 Å². The van der Waals surface area contributed by atoms with Gasteiger partial charge in [-0.25, -0.2) is 6.61 Å². The SMILES string of the molecule is NC[CH-]O.[Zn]. The molecule has 0 spiro atoms. The molecule has 0 unspecified atom stereocenters. The molecular formula is C2H6NOZn-. The van der Waals surface area contributed by atoms with Crippen LogP contribution in [0.2, 0.25) is 0 Å². The van der Waals surface area contributed by atoms with E-state index in [9.17, 15) is 0 Å². The van der Waals surface area contributed by atoms with Gasteiger partial charge in [-0.1, -0.05) is 0 Å². The Bertz CT molecular complexity index is 11.6. The molecule has 0 radical (unpaired) electrons. The summed E-state index contributed by atoms with van der Waals surface area (Å²) >= 11 is 0. The van der Waals surface area contributed by atoms with Gasteiger partial charge in [-0.3, -0.25) is 0 Å². The molecule has 3 heteroatoms. The monoisotopic (exact) mass is 124 g/mol. The molecule has 0 saturated carbocycles. The van der Waals surface area contributed by atoms with Crippen LogP contribution < -0.4 is 5.73 Å². The summed E-state index contributed by atoms with van der Waals surface area (Å²) in [5.74, 6) is 0. The molecule has 0 aromatic heterocycles. The maximum Gasteiger partial charge on any atom is 0 e. The Kier molecular flexibility index (Phi) is 16.1. The zero-order chi connectivity index (χ0) is 3.41. The van der Waals surface area contributed by atoms with E-state index in [2.05, 4.69) is 0 Å². The zero-order valence-corrected chi connectivity index (χ0v) is 5.98. The normalized spacial score (nSPS) is 6.00. The summed E-state index contributed by atoms with van der Waals surface area (Å²) in [4.78, 5) is 0. The first-order valence-corrected chi connectivity index (χ1v) is 1.07. The smallest absolute Gasteiger partial charge is 0 e. The van der Waals surface area contributed by atoms with Gasteiger partial charge in [0.05, 0.1) is 0 Å². The summed E-state index contributed by atoms with van der Waals surface area (Å²) in [6.07, 6.45) is 0. The van der Waals surface area contributed by atoms with Gasteiger partial charge in [0.1, 0.15) is 0 Å². The Hall–Kier alpha value is 0.543. The molecule has 0 amide bonds. The number of aliphatic hydroxyl groups excluding tert-OH is 1. The van der Waals surface area contributed by atoms with E-state index >= 15 is 0 Å². The van der Waals surface area contributed by atoms with Gasteiger partial charge in [-0.05, 0) is 0 Å². The first kappa shape index (κ1) is 9.11. The van der Waals surface area contributed by atoms with Crippen molar-refractivity contribution in [3.8, 4) is 0 Å². The van der Waals surface area contributed by atoms with Crippen molar-refractivity contribution >= 4 is 0 Å². The summed E-state index contributed by atoms with van der Waals surface area (Å²) in [5.41, 5.74) is 4.72. The molecule has 3 N–H and O–H groups in total. The van der Waals surface area contributed by atoms with Crippen LogP contribution in [0.5, 0.6) is 0 Å². The third kappa shape index (κ3) is 12.3. The zero-order valence-electron chi connectivity index (χ0n) is 3.02. The van der Waals surface area contributed by atoms with Crippen LogP contribution in [0.15, 0.2) is 0 Å². The van der Waals surface area contributed by atoms with Crippen molar-refractivity contribution in [2.45, 2.75) is 0 Å². The molecular weight excluding hydrogens is 119 g/mol. The van der Waals surface area contributed by atoms with E-state index in [1.54, 1.807) is 0 Å². The Labute approximate surface area is 44.1 Å². The van der Waals surface area contributed by atoms with Crippen LogP contribution >= 0.6 is 0 Å². The minimum atomic E-state index is 0. The number of hydrogen-bond donors (Lipinski definition) is 2. The molecule has 0 aliphatic rings. The van der Waals surface area contributed by atoms with Crippen molar-refractivity contribution in [3.05, 3.63) is 6.61 Å². The van der Waals surface area contributed by atoms with Crippen LogP contribution in [-0.2, 0) is 19.5 Å². The molecule has 28 valence electrons. The van der Waals surface area contributed by atoms with Crippen LogP contribution in [0.3, 0.4) is 0 Å². The van der Waals surface area contributed by atoms with E-state index in [-0.39, 0.29) is 26.0 Å². The van der Waals surface area contributed by atoms with E-state index in [0.29, 0.717) is 0 Å². The molecule has 0 aliphatic carbocycles. The minimum Gasteiger partial charge on any atom is -0.565 e. The first-order chi connectivity index (χ1) is 1.91. The van der Waals surface area contributed by atoms with Crippen molar-refractivity contribution in [2.75, 3.05) is 6.54 Å². The fraction of sp³-hybridized carbons (Fsp3) is 0.500. The van der Waals surface area contributed by atoms with E-state index in [0.717, 1.165) is 6.61 Å². The average molecular weight is 125 g/mol. The van der Waals surface area contributed by atoms with E-state index in [1.165, 1.54) is 0 Å². The number of hydrogen-bond acceptors (Lipinski definition) is 2. The van der Waals surface area contributed by atoms with Gasteiger partial charge < -0.3 is 10.8 Å². The number of nitrogens with two attached hydrogens (primary N) is 1. The van der Waals surface area contributed by atoms with Crippen LogP contribution in [0.4, 0.5) is 0 Å². The van der Waals surface area contributed by atoms with Gasteiger partial charge in [0, 0.05) is 19.5 Å². The third-order valence-corrected chi connectivity index (χ3v) is 0.105. The van der Waals surface area contributed by atoms with Crippen molar-refractivity contribution in [1.82, 2.24) is 0 Å². The fourth-order valence-electron chi connectivity index (χ4n) is 0. The van der Waals surface area contributed by atoms with Gasteiger partial charge in [-0.2, -0.15) is 0 Å². The number of rotatable bonds is 1. The largest absolute Gasteiger partial charge is 0.565 e. The Balaban J connectivity index is 0. The summed E-state index contributed by atoms with van der Waals surface area (Å²) in [6.45, 7) is 1.15. The molecule has 0 rings (SSSR count). The Morgan fingerprint density at radius 1 is 1.80 bits per heavy atom. The molecule has 2 nitrogen and oxygen atoms in total. The third-order valence-electron chi connectivity index (χ3n) is 0.105. The predicted molar refractivity (Wildman–Crippen MR) is 15.3 cm³/mol. The van der Waals surface area contributed by atoms with Gasteiger partial charge in [0.15, 0.2) is 0 Å². The van der Waals surface area contributed by atoms with Crippen LogP contribution in [0.25, 0.3) is 0 Å². The summed E-state index contributed by atoms with van der Waals surface area (Å²) in [7, 11) is 0. The van der Waals surface area contributed by atoms with E-state index in [1.807, 2.05) is 0 Å². The standard InChI is InChI=1S/C2H6NO.Zn/c3-1-2-4;/h2,4H,1,3H2;/q-1;. The summed E-state index contributed by atoms with van der Waals surface area (Å²) in [5, 5.41) is 7.62. The molecule has 0 heterocycles. The van der Waals surface area contributed by atoms with Crippen molar-refractivity contribution in [1.29, 1.82) is 0 Å². The Morgan fingerprint density at radius 2 is 2.00 bits per heavy atom. The van der Waals surface area contributed by atoms with Crippen LogP contribution in [-0.4, -0.2) is 11.7 Å². The van der Waals surface area contributed by atoms with Gasteiger partial charge in [0.25, 0.3) is 0 Å². The van der Waals surface area contributed by atoms with E-state index < -0.39 is 0 Å². The summed E-state index contributed by atoms with van der Waals surface area (Å²) in [6, 6.07) is 0. The quantitative estimate of drug-likeness (QED) is 0.366.